The molecule has 0 amide bonds. The lowest BCUT2D eigenvalue weighted by Crippen LogP contribution is -2.28. The molecule has 96 valence electrons. The van der Waals surface area contributed by atoms with E-state index in [1.54, 1.807) is 18.2 Å². The number of nitrogens with one attached hydrogen (secondary N) is 1. The van der Waals surface area contributed by atoms with E-state index in [9.17, 15) is 8.42 Å². The van der Waals surface area contributed by atoms with E-state index in [2.05, 4.69) is 20.7 Å². The van der Waals surface area contributed by atoms with Gasteiger partial charge in [0.1, 0.15) is 0 Å². The van der Waals surface area contributed by atoms with E-state index in [0.717, 1.165) is 12.0 Å². The molecule has 0 fully saturated rings. The summed E-state index contributed by atoms with van der Waals surface area (Å²) in [5.41, 5.74) is 1.03. The molecule has 0 heterocycles. The van der Waals surface area contributed by atoms with Gasteiger partial charge in [0, 0.05) is 11.0 Å². The van der Waals surface area contributed by atoms with Crippen LogP contribution in [-0.2, 0) is 10.0 Å². The van der Waals surface area contributed by atoms with Crippen LogP contribution in [0.25, 0.3) is 0 Å². The molecule has 0 saturated heterocycles. The highest BCUT2D eigenvalue weighted by Gasteiger charge is 2.17. The molecule has 0 aliphatic heterocycles. The summed E-state index contributed by atoms with van der Waals surface area (Å²) in [5.74, 6) is 0.342. The summed E-state index contributed by atoms with van der Waals surface area (Å²) in [4.78, 5) is 0.298. The van der Waals surface area contributed by atoms with Gasteiger partial charge in [-0.05, 0) is 46.5 Å². The number of hydrogen-bond acceptors (Lipinski definition) is 2. The van der Waals surface area contributed by atoms with Gasteiger partial charge in [0.25, 0.3) is 0 Å². The van der Waals surface area contributed by atoms with Gasteiger partial charge in [-0.3, -0.25) is 0 Å². The second kappa shape index (κ2) is 5.98. The smallest absolute Gasteiger partial charge is 0.211 e. The van der Waals surface area contributed by atoms with Gasteiger partial charge in [-0.15, -0.1) is 0 Å². The predicted molar refractivity (Wildman–Crippen MR) is 73.5 cm³/mol. The van der Waals surface area contributed by atoms with Crippen molar-refractivity contribution in [1.82, 2.24) is 4.72 Å². The Hall–Kier alpha value is -0.390. The molecule has 1 aromatic carbocycles. The topological polar surface area (TPSA) is 46.2 Å². The van der Waals surface area contributed by atoms with Gasteiger partial charge in [-0.25, -0.2) is 13.1 Å². The molecule has 0 bridgehead atoms. The molecule has 3 nitrogen and oxygen atoms in total. The zero-order valence-corrected chi connectivity index (χ0v) is 12.7. The van der Waals surface area contributed by atoms with Crippen LogP contribution in [0.5, 0.6) is 0 Å². The molecule has 17 heavy (non-hydrogen) atoms. The summed E-state index contributed by atoms with van der Waals surface area (Å²) in [7, 11) is -3.41. The summed E-state index contributed by atoms with van der Waals surface area (Å²) in [6.45, 7) is 6.46. The zero-order chi connectivity index (χ0) is 13.1. The molecule has 0 aliphatic rings. The number of sulfonamides is 1. The normalized spacial score (nSPS) is 13.6. The first kappa shape index (κ1) is 14.7. The van der Waals surface area contributed by atoms with Gasteiger partial charge in [0.15, 0.2) is 0 Å². The predicted octanol–water partition coefficient (Wildman–Crippen LogP) is 3.08. The number of benzene rings is 1. The Morgan fingerprint density at radius 2 is 2.06 bits per heavy atom. The van der Waals surface area contributed by atoms with Crippen LogP contribution in [0.4, 0.5) is 0 Å². The van der Waals surface area contributed by atoms with Crippen LogP contribution < -0.4 is 4.72 Å². The molecule has 0 spiro atoms. The average molecular weight is 320 g/mol. The Morgan fingerprint density at radius 1 is 1.41 bits per heavy atom. The Balaban J connectivity index is 2.90. The fraction of sp³-hybridized carbons (Fsp3) is 0.500. The Kier molecular flexibility index (Phi) is 5.16. The molecule has 1 N–H and O–H groups in total. The molecule has 0 aliphatic carbocycles. The highest BCUT2D eigenvalue weighted by molar-refractivity contribution is 9.10. The SMILES string of the molecule is CCC(C)CNS(=O)(=O)c1ccc(C)cc1Br. The molecule has 5 heteroatoms. The van der Waals surface area contributed by atoms with Gasteiger partial charge >= 0.3 is 0 Å². The van der Waals surface area contributed by atoms with E-state index < -0.39 is 10.0 Å². The van der Waals surface area contributed by atoms with Crippen molar-refractivity contribution in [3.05, 3.63) is 28.2 Å². The largest absolute Gasteiger partial charge is 0.241 e. The Labute approximate surface area is 112 Å². The van der Waals surface area contributed by atoms with Gasteiger partial charge in [-0.2, -0.15) is 0 Å². The lowest BCUT2D eigenvalue weighted by atomic mass is 10.1. The molecular weight excluding hydrogens is 302 g/mol. The van der Waals surface area contributed by atoms with Crippen molar-refractivity contribution >= 4 is 26.0 Å². The van der Waals surface area contributed by atoms with E-state index in [0.29, 0.717) is 21.8 Å². The molecule has 1 atom stereocenters. The second-order valence-electron chi connectivity index (χ2n) is 4.30. The van der Waals surface area contributed by atoms with E-state index in [-0.39, 0.29) is 0 Å². The minimum atomic E-state index is -3.41. The number of hydrogen-bond donors (Lipinski definition) is 1. The lowest BCUT2D eigenvalue weighted by molar-refractivity contribution is 0.528. The number of rotatable bonds is 5. The van der Waals surface area contributed by atoms with Crippen molar-refractivity contribution < 1.29 is 8.42 Å². The van der Waals surface area contributed by atoms with E-state index >= 15 is 0 Å². The fourth-order valence-electron chi connectivity index (χ4n) is 1.30. The summed E-state index contributed by atoms with van der Waals surface area (Å²) in [5, 5.41) is 0. The van der Waals surface area contributed by atoms with Crippen LogP contribution in [0.15, 0.2) is 27.6 Å². The Morgan fingerprint density at radius 3 is 2.59 bits per heavy atom. The maximum Gasteiger partial charge on any atom is 0.241 e. The van der Waals surface area contributed by atoms with Crippen molar-refractivity contribution in [2.24, 2.45) is 5.92 Å². The van der Waals surface area contributed by atoms with Gasteiger partial charge < -0.3 is 0 Å². The lowest BCUT2D eigenvalue weighted by Gasteiger charge is -2.12. The van der Waals surface area contributed by atoms with Crippen molar-refractivity contribution in [2.75, 3.05) is 6.54 Å². The molecule has 1 rings (SSSR count). The first-order valence-electron chi connectivity index (χ1n) is 5.62. The average Bonchev–Trinajstić information content (AvgIpc) is 2.25. The van der Waals surface area contributed by atoms with Gasteiger partial charge in [-0.1, -0.05) is 26.3 Å². The van der Waals surface area contributed by atoms with Crippen LogP contribution >= 0.6 is 15.9 Å². The van der Waals surface area contributed by atoms with Crippen molar-refractivity contribution in [3.8, 4) is 0 Å². The van der Waals surface area contributed by atoms with Crippen molar-refractivity contribution in [2.45, 2.75) is 32.1 Å². The first-order valence-corrected chi connectivity index (χ1v) is 7.90. The zero-order valence-electron chi connectivity index (χ0n) is 10.3. The van der Waals surface area contributed by atoms with E-state index in [4.69, 9.17) is 0 Å². The third-order valence-electron chi connectivity index (χ3n) is 2.70. The quantitative estimate of drug-likeness (QED) is 0.906. The number of aryl methyl sites for hydroxylation is 1. The third kappa shape index (κ3) is 4.08. The minimum Gasteiger partial charge on any atom is -0.211 e. The Bertz CT molecular complexity index is 485. The summed E-state index contributed by atoms with van der Waals surface area (Å²) < 4.78 is 27.3. The molecule has 0 saturated carbocycles. The standard InChI is InChI=1S/C12H18BrNO2S/c1-4-9(2)8-14-17(15,16)12-6-5-10(3)7-11(12)13/h5-7,9,14H,4,8H2,1-3H3. The molecule has 0 radical (unpaired) electrons. The van der Waals surface area contributed by atoms with Crippen LogP contribution in [0.3, 0.4) is 0 Å². The maximum atomic E-state index is 12.0. The van der Waals surface area contributed by atoms with Crippen LogP contribution in [-0.4, -0.2) is 15.0 Å². The first-order chi connectivity index (χ1) is 7.86. The second-order valence-corrected chi connectivity index (χ2v) is 6.89. The van der Waals surface area contributed by atoms with Crippen LogP contribution in [0, 0.1) is 12.8 Å². The minimum absolute atomic E-state index is 0.298. The summed E-state index contributed by atoms with van der Waals surface area (Å²) >= 11 is 3.29. The summed E-state index contributed by atoms with van der Waals surface area (Å²) in [6.07, 6.45) is 0.956. The van der Waals surface area contributed by atoms with Gasteiger partial charge in [0.05, 0.1) is 4.90 Å². The molecule has 0 aromatic heterocycles. The highest BCUT2D eigenvalue weighted by Crippen LogP contribution is 2.22. The molecule has 1 unspecified atom stereocenters. The van der Waals surface area contributed by atoms with Crippen LogP contribution in [0.1, 0.15) is 25.8 Å². The van der Waals surface area contributed by atoms with Crippen molar-refractivity contribution in [1.29, 1.82) is 0 Å². The summed E-state index contributed by atoms with van der Waals surface area (Å²) in [6, 6.07) is 5.22. The van der Waals surface area contributed by atoms with E-state index in [1.807, 2.05) is 20.8 Å². The molecule has 1 aromatic rings. The van der Waals surface area contributed by atoms with E-state index in [1.165, 1.54) is 0 Å². The fourth-order valence-corrected chi connectivity index (χ4v) is 3.65. The van der Waals surface area contributed by atoms with Gasteiger partial charge in [0.2, 0.25) is 10.0 Å². The third-order valence-corrected chi connectivity index (χ3v) is 5.10. The highest BCUT2D eigenvalue weighted by atomic mass is 79.9. The molecular formula is C12H18BrNO2S. The number of halogens is 1. The van der Waals surface area contributed by atoms with Crippen LogP contribution in [0.2, 0.25) is 0 Å². The monoisotopic (exact) mass is 319 g/mol. The maximum absolute atomic E-state index is 12.0. The van der Waals surface area contributed by atoms with Crippen molar-refractivity contribution in [3.63, 3.8) is 0 Å².